The molecule has 0 bridgehead atoms. The zero-order chi connectivity index (χ0) is 17.7. The van der Waals surface area contributed by atoms with Crippen molar-refractivity contribution in [3.05, 3.63) is 53.9 Å². The first-order chi connectivity index (χ1) is 11.4. The average molecular weight is 328 g/mol. The van der Waals surface area contributed by atoms with Gasteiger partial charge in [0.25, 0.3) is 5.91 Å². The number of pyridine rings is 1. The number of anilines is 1. The molecule has 0 aliphatic heterocycles. The minimum absolute atomic E-state index is 0.218. The summed E-state index contributed by atoms with van der Waals surface area (Å²) >= 11 is 0. The largest absolute Gasteiger partial charge is 0.482 e. The van der Waals surface area contributed by atoms with Crippen LogP contribution >= 0.6 is 0 Å². The first kappa shape index (κ1) is 17.5. The number of rotatable bonds is 6. The normalized spacial score (nSPS) is 10.5. The Morgan fingerprint density at radius 1 is 1.17 bits per heavy atom. The zero-order valence-electron chi connectivity index (χ0n) is 13.9. The van der Waals surface area contributed by atoms with E-state index in [1.54, 1.807) is 43.6 Å². The highest BCUT2D eigenvalue weighted by Crippen LogP contribution is 2.20. The molecule has 0 aliphatic rings. The van der Waals surface area contributed by atoms with Crippen LogP contribution in [-0.2, 0) is 4.79 Å². The minimum Gasteiger partial charge on any atom is -0.482 e. The third kappa shape index (κ3) is 4.32. The number of hydrogen-bond donors (Lipinski definition) is 1. The van der Waals surface area contributed by atoms with E-state index in [0.717, 1.165) is 5.56 Å². The Kier molecular flexibility index (Phi) is 5.52. The van der Waals surface area contributed by atoms with Crippen LogP contribution in [0.15, 0.2) is 42.6 Å². The van der Waals surface area contributed by atoms with Gasteiger partial charge in [0.1, 0.15) is 11.4 Å². The highest BCUT2D eigenvalue weighted by Gasteiger charge is 2.15. The molecule has 1 heterocycles. The van der Waals surface area contributed by atoms with Crippen molar-refractivity contribution in [3.63, 3.8) is 0 Å². The monoisotopic (exact) mass is 328 g/mol. The van der Waals surface area contributed by atoms with Gasteiger partial charge in [-0.25, -0.2) is 4.79 Å². The molecular formula is C18H20N2O4. The Balaban J connectivity index is 2.08. The van der Waals surface area contributed by atoms with Gasteiger partial charge in [0.2, 0.25) is 0 Å². The van der Waals surface area contributed by atoms with E-state index < -0.39 is 12.6 Å². The highest BCUT2D eigenvalue weighted by molar-refractivity contribution is 6.04. The number of benzene rings is 1. The lowest BCUT2D eigenvalue weighted by Gasteiger charge is -2.17. The summed E-state index contributed by atoms with van der Waals surface area (Å²) < 4.78 is 5.07. The van der Waals surface area contributed by atoms with E-state index in [0.29, 0.717) is 23.0 Å². The van der Waals surface area contributed by atoms with Crippen molar-refractivity contribution < 1.29 is 19.4 Å². The van der Waals surface area contributed by atoms with Crippen molar-refractivity contribution >= 4 is 17.6 Å². The van der Waals surface area contributed by atoms with E-state index in [1.165, 1.54) is 4.90 Å². The maximum Gasteiger partial charge on any atom is 0.341 e. The van der Waals surface area contributed by atoms with Gasteiger partial charge in [0, 0.05) is 18.9 Å². The molecule has 0 atom stereocenters. The van der Waals surface area contributed by atoms with Gasteiger partial charge in [-0.05, 0) is 41.8 Å². The number of carbonyl (C=O) groups excluding carboxylic acids is 1. The molecule has 1 aromatic carbocycles. The SMILES string of the molecule is CC(C)c1ccc(C(=O)N(C)c2ccc(OCC(=O)O)cc2)nc1. The first-order valence-electron chi connectivity index (χ1n) is 7.57. The van der Waals surface area contributed by atoms with Crippen molar-refractivity contribution in [1.82, 2.24) is 4.98 Å². The van der Waals surface area contributed by atoms with Crippen LogP contribution in [-0.4, -0.2) is 35.6 Å². The fourth-order valence-corrected chi connectivity index (χ4v) is 2.07. The Hall–Kier alpha value is -2.89. The quantitative estimate of drug-likeness (QED) is 0.882. The van der Waals surface area contributed by atoms with E-state index in [4.69, 9.17) is 9.84 Å². The van der Waals surface area contributed by atoms with Gasteiger partial charge in [-0.3, -0.25) is 9.78 Å². The molecule has 126 valence electrons. The zero-order valence-corrected chi connectivity index (χ0v) is 13.9. The van der Waals surface area contributed by atoms with Crippen molar-refractivity contribution in [1.29, 1.82) is 0 Å². The third-order valence-corrected chi connectivity index (χ3v) is 3.56. The first-order valence-corrected chi connectivity index (χ1v) is 7.57. The average Bonchev–Trinajstić information content (AvgIpc) is 2.59. The Labute approximate surface area is 140 Å². The predicted molar refractivity (Wildman–Crippen MR) is 90.6 cm³/mol. The minimum atomic E-state index is -1.04. The second kappa shape index (κ2) is 7.59. The van der Waals surface area contributed by atoms with E-state index >= 15 is 0 Å². The molecule has 1 amide bonds. The molecule has 0 fully saturated rings. The van der Waals surface area contributed by atoms with Crippen molar-refractivity contribution in [3.8, 4) is 5.75 Å². The van der Waals surface area contributed by atoms with Crippen LogP contribution in [0.5, 0.6) is 5.75 Å². The molecule has 0 saturated carbocycles. The summed E-state index contributed by atoms with van der Waals surface area (Å²) in [6.45, 7) is 3.73. The summed E-state index contributed by atoms with van der Waals surface area (Å²) in [6.07, 6.45) is 1.72. The van der Waals surface area contributed by atoms with Crippen LogP contribution in [0.4, 0.5) is 5.69 Å². The van der Waals surface area contributed by atoms with Crippen LogP contribution in [0.3, 0.4) is 0 Å². The van der Waals surface area contributed by atoms with Crippen LogP contribution in [0, 0.1) is 0 Å². The van der Waals surface area contributed by atoms with E-state index in [2.05, 4.69) is 18.8 Å². The Morgan fingerprint density at radius 3 is 2.33 bits per heavy atom. The summed E-state index contributed by atoms with van der Waals surface area (Å²) in [5.74, 6) is -0.467. The lowest BCUT2D eigenvalue weighted by atomic mass is 10.1. The smallest absolute Gasteiger partial charge is 0.341 e. The predicted octanol–water partition coefficient (Wildman–Crippen LogP) is 2.95. The van der Waals surface area contributed by atoms with Crippen molar-refractivity contribution in [2.24, 2.45) is 0 Å². The molecule has 0 saturated heterocycles. The van der Waals surface area contributed by atoms with Gasteiger partial charge in [0.15, 0.2) is 6.61 Å². The molecule has 6 nitrogen and oxygen atoms in total. The fourth-order valence-electron chi connectivity index (χ4n) is 2.07. The summed E-state index contributed by atoms with van der Waals surface area (Å²) in [5, 5.41) is 8.59. The van der Waals surface area contributed by atoms with Crippen LogP contribution in [0.1, 0.15) is 35.8 Å². The van der Waals surface area contributed by atoms with Gasteiger partial charge in [-0.1, -0.05) is 19.9 Å². The van der Waals surface area contributed by atoms with Crippen LogP contribution in [0.25, 0.3) is 0 Å². The van der Waals surface area contributed by atoms with Gasteiger partial charge in [-0.2, -0.15) is 0 Å². The molecule has 0 unspecified atom stereocenters. The number of carboxylic acids is 1. The molecule has 24 heavy (non-hydrogen) atoms. The molecule has 2 aromatic rings. The maximum atomic E-state index is 12.5. The molecule has 1 N–H and O–H groups in total. The number of hydrogen-bond acceptors (Lipinski definition) is 4. The number of aliphatic carboxylic acids is 1. The standard InChI is InChI=1S/C18H20N2O4/c1-12(2)13-4-9-16(19-10-13)18(23)20(3)14-5-7-15(8-6-14)24-11-17(21)22/h4-10,12H,11H2,1-3H3,(H,21,22). The lowest BCUT2D eigenvalue weighted by molar-refractivity contribution is -0.139. The van der Waals surface area contributed by atoms with Crippen LogP contribution in [0.2, 0.25) is 0 Å². The number of amides is 1. The molecule has 0 radical (unpaired) electrons. The third-order valence-electron chi connectivity index (χ3n) is 3.56. The molecule has 0 aliphatic carbocycles. The van der Waals surface area contributed by atoms with Gasteiger partial charge >= 0.3 is 5.97 Å². The lowest BCUT2D eigenvalue weighted by Crippen LogP contribution is -2.27. The molecule has 2 rings (SSSR count). The second-order valence-corrected chi connectivity index (χ2v) is 5.67. The van der Waals surface area contributed by atoms with Crippen molar-refractivity contribution in [2.75, 3.05) is 18.6 Å². The molecule has 0 spiro atoms. The van der Waals surface area contributed by atoms with E-state index in [9.17, 15) is 9.59 Å². The Morgan fingerprint density at radius 2 is 1.83 bits per heavy atom. The number of carboxylic acid groups (broad SMARTS) is 1. The molecular weight excluding hydrogens is 308 g/mol. The fraction of sp³-hybridized carbons (Fsp3) is 0.278. The molecule has 1 aromatic heterocycles. The Bertz CT molecular complexity index is 709. The van der Waals surface area contributed by atoms with Gasteiger partial charge in [-0.15, -0.1) is 0 Å². The maximum absolute atomic E-state index is 12.5. The number of aromatic nitrogens is 1. The second-order valence-electron chi connectivity index (χ2n) is 5.67. The van der Waals surface area contributed by atoms with Gasteiger partial charge < -0.3 is 14.7 Å². The van der Waals surface area contributed by atoms with E-state index in [1.807, 2.05) is 6.07 Å². The topological polar surface area (TPSA) is 79.7 Å². The summed E-state index contributed by atoms with van der Waals surface area (Å²) in [6, 6.07) is 10.3. The highest BCUT2D eigenvalue weighted by atomic mass is 16.5. The van der Waals surface area contributed by atoms with Crippen LogP contribution < -0.4 is 9.64 Å². The number of ether oxygens (including phenoxy) is 1. The summed E-state index contributed by atoms with van der Waals surface area (Å²) in [4.78, 5) is 28.7. The van der Waals surface area contributed by atoms with Crippen molar-refractivity contribution in [2.45, 2.75) is 19.8 Å². The van der Waals surface area contributed by atoms with E-state index in [-0.39, 0.29) is 5.91 Å². The molecule has 6 heteroatoms. The number of carbonyl (C=O) groups is 2. The summed E-state index contributed by atoms with van der Waals surface area (Å²) in [5.41, 5.74) is 2.11. The summed E-state index contributed by atoms with van der Waals surface area (Å²) in [7, 11) is 1.66. The van der Waals surface area contributed by atoms with Gasteiger partial charge in [0.05, 0.1) is 0 Å². The number of nitrogens with zero attached hydrogens (tertiary/aromatic N) is 2.